The van der Waals surface area contributed by atoms with E-state index in [0.29, 0.717) is 12.1 Å². The highest BCUT2D eigenvalue weighted by atomic mass is 32.1. The number of fused-ring (bicyclic) bond motifs is 2. The SMILES string of the molecule is c1nsc(N2CC3CC2CN3)n1. The van der Waals surface area contributed by atoms with Crippen molar-refractivity contribution in [3.8, 4) is 0 Å². The van der Waals surface area contributed by atoms with Crippen molar-refractivity contribution in [3.05, 3.63) is 6.33 Å². The largest absolute Gasteiger partial charge is 0.341 e. The molecule has 4 nitrogen and oxygen atoms in total. The first-order chi connectivity index (χ1) is 5.93. The minimum absolute atomic E-state index is 0.669. The molecule has 3 rings (SSSR count). The number of hydrogen-bond acceptors (Lipinski definition) is 5. The molecule has 2 unspecified atom stereocenters. The lowest BCUT2D eigenvalue weighted by Crippen LogP contribution is -2.43. The summed E-state index contributed by atoms with van der Waals surface area (Å²) in [6.45, 7) is 2.23. The highest BCUT2D eigenvalue weighted by Gasteiger charge is 2.38. The van der Waals surface area contributed by atoms with E-state index in [4.69, 9.17) is 0 Å². The van der Waals surface area contributed by atoms with Crippen molar-refractivity contribution >= 4 is 16.7 Å². The summed E-state index contributed by atoms with van der Waals surface area (Å²) in [6, 6.07) is 1.36. The maximum Gasteiger partial charge on any atom is 0.205 e. The molecular weight excluding hydrogens is 172 g/mol. The van der Waals surface area contributed by atoms with Crippen molar-refractivity contribution in [1.29, 1.82) is 0 Å². The van der Waals surface area contributed by atoms with E-state index in [1.165, 1.54) is 18.0 Å². The predicted octanol–water partition coefficient (Wildman–Crippen LogP) is 0.0886. The first kappa shape index (κ1) is 6.80. The summed E-state index contributed by atoms with van der Waals surface area (Å²) in [6.07, 6.45) is 2.92. The molecule has 2 aliphatic heterocycles. The van der Waals surface area contributed by atoms with Gasteiger partial charge in [0, 0.05) is 36.7 Å². The molecule has 64 valence electrons. The van der Waals surface area contributed by atoms with Gasteiger partial charge in [-0.15, -0.1) is 0 Å². The lowest BCUT2D eigenvalue weighted by Gasteiger charge is -2.26. The molecule has 2 aliphatic rings. The Labute approximate surface area is 74.8 Å². The van der Waals surface area contributed by atoms with Crippen molar-refractivity contribution in [1.82, 2.24) is 14.7 Å². The highest BCUT2D eigenvalue weighted by Crippen LogP contribution is 2.29. The fraction of sp³-hybridized carbons (Fsp3) is 0.714. The molecule has 12 heavy (non-hydrogen) atoms. The van der Waals surface area contributed by atoms with E-state index < -0.39 is 0 Å². The van der Waals surface area contributed by atoms with Crippen LogP contribution < -0.4 is 10.2 Å². The van der Waals surface area contributed by atoms with Crippen molar-refractivity contribution in [2.45, 2.75) is 18.5 Å². The Balaban J connectivity index is 1.87. The molecule has 0 radical (unpaired) electrons. The standard InChI is InChI=1S/C7H10N4S/c1-5-3-11(6(1)2-8-5)7-9-4-10-12-7/h4-6,8H,1-3H2. The summed E-state index contributed by atoms with van der Waals surface area (Å²) in [5.41, 5.74) is 0. The zero-order valence-electron chi connectivity index (χ0n) is 6.60. The second-order valence-corrected chi connectivity index (χ2v) is 4.13. The molecule has 1 aromatic rings. The third kappa shape index (κ3) is 0.864. The van der Waals surface area contributed by atoms with Gasteiger partial charge < -0.3 is 10.2 Å². The highest BCUT2D eigenvalue weighted by molar-refractivity contribution is 7.09. The van der Waals surface area contributed by atoms with Crippen LogP contribution in [-0.2, 0) is 0 Å². The Hall–Kier alpha value is -0.680. The van der Waals surface area contributed by atoms with Gasteiger partial charge in [0.1, 0.15) is 6.33 Å². The van der Waals surface area contributed by atoms with Gasteiger partial charge in [-0.2, -0.15) is 4.37 Å². The van der Waals surface area contributed by atoms with Gasteiger partial charge in [-0.25, -0.2) is 4.98 Å². The van der Waals surface area contributed by atoms with Crippen LogP contribution in [0.3, 0.4) is 0 Å². The van der Waals surface area contributed by atoms with Crippen LogP contribution in [0.1, 0.15) is 6.42 Å². The molecule has 1 N–H and O–H groups in total. The van der Waals surface area contributed by atoms with Gasteiger partial charge in [0.05, 0.1) is 0 Å². The Bertz CT molecular complexity index is 273. The predicted molar refractivity (Wildman–Crippen MR) is 47.5 cm³/mol. The van der Waals surface area contributed by atoms with Crippen LogP contribution in [0.25, 0.3) is 0 Å². The van der Waals surface area contributed by atoms with Crippen LogP contribution in [0.15, 0.2) is 6.33 Å². The topological polar surface area (TPSA) is 41.1 Å². The van der Waals surface area contributed by atoms with Crippen LogP contribution >= 0.6 is 11.5 Å². The molecule has 2 atom stereocenters. The van der Waals surface area contributed by atoms with Crippen LogP contribution in [0, 0.1) is 0 Å². The first-order valence-corrected chi connectivity index (χ1v) is 4.97. The Morgan fingerprint density at radius 2 is 2.67 bits per heavy atom. The molecule has 0 aromatic carbocycles. The normalized spacial score (nSPS) is 33.2. The van der Waals surface area contributed by atoms with Gasteiger partial charge in [0.25, 0.3) is 0 Å². The average Bonchev–Trinajstić information content (AvgIpc) is 2.81. The van der Waals surface area contributed by atoms with Gasteiger partial charge in [-0.3, -0.25) is 0 Å². The van der Waals surface area contributed by atoms with Crippen LogP contribution in [0.5, 0.6) is 0 Å². The minimum Gasteiger partial charge on any atom is -0.341 e. The second-order valence-electron chi connectivity index (χ2n) is 3.37. The fourth-order valence-electron chi connectivity index (χ4n) is 2.09. The van der Waals surface area contributed by atoms with Gasteiger partial charge >= 0.3 is 0 Å². The Morgan fingerprint density at radius 3 is 3.25 bits per heavy atom. The zero-order chi connectivity index (χ0) is 7.97. The lowest BCUT2D eigenvalue weighted by molar-refractivity contribution is 0.579. The first-order valence-electron chi connectivity index (χ1n) is 4.20. The quantitative estimate of drug-likeness (QED) is 0.668. The van der Waals surface area contributed by atoms with E-state index in [1.807, 2.05) is 0 Å². The molecule has 3 heterocycles. The van der Waals surface area contributed by atoms with Crippen molar-refractivity contribution in [2.75, 3.05) is 18.0 Å². The van der Waals surface area contributed by atoms with E-state index in [2.05, 4.69) is 19.6 Å². The van der Waals surface area contributed by atoms with Crippen LogP contribution in [-0.4, -0.2) is 34.5 Å². The molecule has 1 aromatic heterocycles. The fourth-order valence-corrected chi connectivity index (χ4v) is 2.70. The Morgan fingerprint density at radius 1 is 1.67 bits per heavy atom. The molecular formula is C7H10N4S. The molecule has 2 fully saturated rings. The van der Waals surface area contributed by atoms with Crippen LogP contribution in [0.4, 0.5) is 5.13 Å². The van der Waals surface area contributed by atoms with Gasteiger partial charge in [-0.1, -0.05) is 0 Å². The minimum atomic E-state index is 0.669. The molecule has 5 heteroatoms. The third-order valence-electron chi connectivity index (χ3n) is 2.65. The number of hydrogen-bond donors (Lipinski definition) is 1. The lowest BCUT2D eigenvalue weighted by atomic mass is 10.2. The van der Waals surface area contributed by atoms with Crippen molar-refractivity contribution in [2.24, 2.45) is 0 Å². The molecule has 0 amide bonds. The second kappa shape index (κ2) is 2.40. The molecule has 0 aliphatic carbocycles. The summed E-state index contributed by atoms with van der Waals surface area (Å²) in [5.74, 6) is 0. The summed E-state index contributed by atoms with van der Waals surface area (Å²) in [7, 11) is 0. The molecule has 2 bridgehead atoms. The van der Waals surface area contributed by atoms with Crippen LogP contribution in [0.2, 0.25) is 0 Å². The zero-order valence-corrected chi connectivity index (χ0v) is 7.42. The Kier molecular flexibility index (Phi) is 1.36. The summed E-state index contributed by atoms with van der Waals surface area (Å²) >= 11 is 1.50. The molecule has 2 saturated heterocycles. The van der Waals surface area contributed by atoms with E-state index in [-0.39, 0.29) is 0 Å². The third-order valence-corrected chi connectivity index (χ3v) is 3.35. The van der Waals surface area contributed by atoms with Gasteiger partial charge in [0.2, 0.25) is 5.13 Å². The molecule has 0 spiro atoms. The number of nitrogens with one attached hydrogen (secondary N) is 1. The van der Waals surface area contributed by atoms with E-state index in [0.717, 1.165) is 18.2 Å². The summed E-state index contributed by atoms with van der Waals surface area (Å²) in [5, 5.41) is 4.55. The van der Waals surface area contributed by atoms with Crippen molar-refractivity contribution < 1.29 is 0 Å². The average molecular weight is 182 g/mol. The number of aromatic nitrogens is 2. The molecule has 0 saturated carbocycles. The smallest absolute Gasteiger partial charge is 0.205 e. The summed E-state index contributed by atoms with van der Waals surface area (Å²) < 4.78 is 4.02. The van der Waals surface area contributed by atoms with Gasteiger partial charge in [0.15, 0.2) is 0 Å². The van der Waals surface area contributed by atoms with E-state index in [1.54, 1.807) is 6.33 Å². The number of anilines is 1. The monoisotopic (exact) mass is 182 g/mol. The van der Waals surface area contributed by atoms with E-state index >= 15 is 0 Å². The van der Waals surface area contributed by atoms with E-state index in [9.17, 15) is 0 Å². The number of rotatable bonds is 1. The number of piperazine rings is 1. The number of nitrogens with zero attached hydrogens (tertiary/aromatic N) is 3. The van der Waals surface area contributed by atoms with Gasteiger partial charge in [-0.05, 0) is 6.42 Å². The maximum absolute atomic E-state index is 4.22. The maximum atomic E-state index is 4.22. The summed E-state index contributed by atoms with van der Waals surface area (Å²) in [4.78, 5) is 6.60. The van der Waals surface area contributed by atoms with Crippen molar-refractivity contribution in [3.63, 3.8) is 0 Å².